The van der Waals surface area contributed by atoms with Gasteiger partial charge >= 0.3 is 0 Å². The topological polar surface area (TPSA) is 86.1 Å². The molecule has 0 saturated heterocycles. The third-order valence-corrected chi connectivity index (χ3v) is 1.10. The highest BCUT2D eigenvalue weighted by molar-refractivity contribution is 6.18. The van der Waals surface area contributed by atoms with E-state index in [-0.39, 0.29) is 12.3 Å². The summed E-state index contributed by atoms with van der Waals surface area (Å²) in [5.41, 5.74) is 7.75. The van der Waals surface area contributed by atoms with Crippen molar-refractivity contribution < 1.29 is 9.90 Å². The van der Waals surface area contributed by atoms with E-state index in [4.69, 9.17) is 22.2 Å². The normalized spacial score (nSPS) is 11.8. The molecule has 0 aliphatic rings. The number of azide groups is 1. The zero-order chi connectivity index (χ0) is 7.98. The quantitative estimate of drug-likeness (QED) is 0.289. The summed E-state index contributed by atoms with van der Waals surface area (Å²) in [5.74, 6) is -0.734. The smallest absolute Gasteiger partial charge is 0.221 e. The highest BCUT2D eigenvalue weighted by Crippen LogP contribution is 1.96. The Balaban J connectivity index is 3.67. The standard InChI is InChI=1S/C4H6ClN3O2/c5-2-3(9)1-4(10)7-8-6/h3,9H,1-2H2/t3-/m0/s1. The summed E-state index contributed by atoms with van der Waals surface area (Å²) in [5, 5.41) is 11.5. The van der Waals surface area contributed by atoms with Crippen molar-refractivity contribution in [2.75, 3.05) is 5.88 Å². The number of aliphatic hydroxyl groups is 1. The van der Waals surface area contributed by atoms with E-state index in [9.17, 15) is 4.79 Å². The highest BCUT2D eigenvalue weighted by Gasteiger charge is 2.06. The molecule has 0 aliphatic heterocycles. The van der Waals surface area contributed by atoms with Gasteiger partial charge in [0.15, 0.2) is 0 Å². The Hall–Kier alpha value is -0.770. The third-order valence-electron chi connectivity index (χ3n) is 0.745. The second kappa shape index (κ2) is 5.05. The van der Waals surface area contributed by atoms with Crippen LogP contribution in [0, 0.1) is 0 Å². The second-order valence-corrected chi connectivity index (χ2v) is 1.90. The van der Waals surface area contributed by atoms with E-state index in [0.29, 0.717) is 0 Å². The number of alkyl halides is 1. The summed E-state index contributed by atoms with van der Waals surface area (Å²) in [4.78, 5) is 12.6. The first-order valence-corrected chi connectivity index (χ1v) is 3.06. The van der Waals surface area contributed by atoms with Gasteiger partial charge in [-0.1, -0.05) is 0 Å². The minimum absolute atomic E-state index is 0.0350. The Morgan fingerprint density at radius 2 is 2.50 bits per heavy atom. The van der Waals surface area contributed by atoms with Crippen molar-refractivity contribution in [3.05, 3.63) is 10.4 Å². The van der Waals surface area contributed by atoms with Crippen molar-refractivity contribution in [3.8, 4) is 0 Å². The molecule has 0 fully saturated rings. The Bertz CT molecular complexity index is 166. The van der Waals surface area contributed by atoms with E-state index in [1.54, 1.807) is 0 Å². The van der Waals surface area contributed by atoms with Crippen LogP contribution in [0.1, 0.15) is 6.42 Å². The molecule has 0 saturated carbocycles. The fraction of sp³-hybridized carbons (Fsp3) is 0.750. The fourth-order valence-electron chi connectivity index (χ4n) is 0.347. The first-order chi connectivity index (χ1) is 4.70. The Morgan fingerprint density at radius 1 is 1.90 bits per heavy atom. The van der Waals surface area contributed by atoms with Gasteiger partial charge in [0.2, 0.25) is 5.91 Å². The molecule has 0 unspecified atom stereocenters. The summed E-state index contributed by atoms with van der Waals surface area (Å²) in [7, 11) is 0. The predicted octanol–water partition coefficient (Wildman–Crippen LogP) is 0.813. The van der Waals surface area contributed by atoms with Gasteiger partial charge in [-0.3, -0.25) is 4.79 Å². The van der Waals surface area contributed by atoms with E-state index in [0.717, 1.165) is 0 Å². The first kappa shape index (κ1) is 9.23. The van der Waals surface area contributed by atoms with E-state index >= 15 is 0 Å². The Morgan fingerprint density at radius 3 is 2.90 bits per heavy atom. The lowest BCUT2D eigenvalue weighted by molar-refractivity contribution is -0.119. The van der Waals surface area contributed by atoms with Crippen LogP contribution in [0.5, 0.6) is 0 Å². The molecule has 6 heteroatoms. The molecule has 0 aromatic carbocycles. The third kappa shape index (κ3) is 4.14. The van der Waals surface area contributed by atoms with Gasteiger partial charge in [0, 0.05) is 17.2 Å². The van der Waals surface area contributed by atoms with Gasteiger partial charge < -0.3 is 5.11 Å². The van der Waals surface area contributed by atoms with E-state index in [1.165, 1.54) is 0 Å². The molecular formula is C4H6ClN3O2. The maximum absolute atomic E-state index is 10.4. The predicted molar refractivity (Wildman–Crippen MR) is 35.5 cm³/mol. The van der Waals surface area contributed by atoms with Crippen LogP contribution in [0.4, 0.5) is 0 Å². The lowest BCUT2D eigenvalue weighted by atomic mass is 10.3. The molecule has 0 heterocycles. The van der Waals surface area contributed by atoms with Gasteiger partial charge in [-0.15, -0.1) is 11.6 Å². The van der Waals surface area contributed by atoms with Crippen LogP contribution in [-0.4, -0.2) is 23.0 Å². The summed E-state index contributed by atoms with van der Waals surface area (Å²) in [6.07, 6.45) is -1.13. The van der Waals surface area contributed by atoms with E-state index in [1.807, 2.05) is 0 Å². The zero-order valence-electron chi connectivity index (χ0n) is 5.07. The van der Waals surface area contributed by atoms with Crippen LogP contribution in [0.3, 0.4) is 0 Å². The summed E-state index contributed by atoms with van der Waals surface area (Å²) >= 11 is 5.16. The Labute approximate surface area is 62.2 Å². The molecule has 5 nitrogen and oxygen atoms in total. The van der Waals surface area contributed by atoms with Crippen molar-refractivity contribution in [3.63, 3.8) is 0 Å². The van der Waals surface area contributed by atoms with Crippen molar-refractivity contribution in [1.29, 1.82) is 0 Å². The van der Waals surface area contributed by atoms with Crippen molar-refractivity contribution in [1.82, 2.24) is 0 Å². The molecular weight excluding hydrogens is 158 g/mol. The number of nitrogens with zero attached hydrogens (tertiary/aromatic N) is 3. The van der Waals surface area contributed by atoms with Gasteiger partial charge in [0.25, 0.3) is 0 Å². The number of hydrogen-bond donors (Lipinski definition) is 1. The SMILES string of the molecule is [N-]=[N+]=NC(=O)C[C@H](O)CCl. The number of aliphatic hydroxyl groups excluding tert-OH is 1. The molecule has 0 aliphatic carbocycles. The average Bonchev–Trinajstić information content (AvgIpc) is 1.88. The molecule has 0 aromatic heterocycles. The number of amides is 1. The number of halogens is 1. The van der Waals surface area contributed by atoms with Crippen LogP contribution in [-0.2, 0) is 4.79 Å². The number of carbonyl (C=O) groups is 1. The van der Waals surface area contributed by atoms with Crippen LogP contribution >= 0.6 is 11.6 Å². The van der Waals surface area contributed by atoms with E-state index < -0.39 is 12.0 Å². The van der Waals surface area contributed by atoms with Crippen LogP contribution in [0.25, 0.3) is 10.4 Å². The molecule has 1 atom stereocenters. The van der Waals surface area contributed by atoms with Gasteiger partial charge in [0.05, 0.1) is 6.10 Å². The second-order valence-electron chi connectivity index (χ2n) is 1.60. The maximum atomic E-state index is 10.4. The van der Waals surface area contributed by atoms with Crippen molar-refractivity contribution in [2.45, 2.75) is 12.5 Å². The molecule has 0 spiro atoms. The average molecular weight is 164 g/mol. The number of carbonyl (C=O) groups excluding carboxylic acids is 1. The van der Waals surface area contributed by atoms with Crippen LogP contribution in [0.2, 0.25) is 0 Å². The molecule has 0 bridgehead atoms. The molecule has 56 valence electrons. The van der Waals surface area contributed by atoms with Gasteiger partial charge in [-0.2, -0.15) is 0 Å². The zero-order valence-corrected chi connectivity index (χ0v) is 5.82. The number of rotatable bonds is 3. The summed E-state index contributed by atoms with van der Waals surface area (Å²) < 4.78 is 0. The molecule has 0 radical (unpaired) electrons. The summed E-state index contributed by atoms with van der Waals surface area (Å²) in [6, 6.07) is 0. The van der Waals surface area contributed by atoms with E-state index in [2.05, 4.69) is 10.0 Å². The number of hydrogen-bond acceptors (Lipinski definition) is 2. The molecule has 1 amide bonds. The highest BCUT2D eigenvalue weighted by atomic mass is 35.5. The fourth-order valence-corrected chi connectivity index (χ4v) is 0.456. The maximum Gasteiger partial charge on any atom is 0.221 e. The van der Waals surface area contributed by atoms with Crippen LogP contribution in [0.15, 0.2) is 5.11 Å². The van der Waals surface area contributed by atoms with Crippen molar-refractivity contribution >= 4 is 17.5 Å². The molecule has 0 rings (SSSR count). The molecule has 1 N–H and O–H groups in total. The monoisotopic (exact) mass is 163 g/mol. The first-order valence-electron chi connectivity index (χ1n) is 2.52. The minimum Gasteiger partial charge on any atom is -0.391 e. The lowest BCUT2D eigenvalue weighted by Crippen LogP contribution is -2.12. The molecule has 10 heavy (non-hydrogen) atoms. The lowest BCUT2D eigenvalue weighted by Gasteiger charge is -1.99. The molecule has 0 aromatic rings. The van der Waals surface area contributed by atoms with Crippen molar-refractivity contribution in [2.24, 2.45) is 5.11 Å². The Kier molecular flexibility index (Phi) is 4.66. The summed E-state index contributed by atoms with van der Waals surface area (Å²) in [6.45, 7) is 0. The van der Waals surface area contributed by atoms with Crippen LogP contribution < -0.4 is 0 Å². The largest absolute Gasteiger partial charge is 0.391 e. The van der Waals surface area contributed by atoms with Gasteiger partial charge in [-0.25, -0.2) is 0 Å². The van der Waals surface area contributed by atoms with Gasteiger partial charge in [0.1, 0.15) is 0 Å². The minimum atomic E-state index is -0.917. The van der Waals surface area contributed by atoms with Gasteiger partial charge in [-0.05, 0) is 10.6 Å².